The summed E-state index contributed by atoms with van der Waals surface area (Å²) in [7, 11) is 0. The van der Waals surface area contributed by atoms with Crippen molar-refractivity contribution in [3.8, 4) is 56.0 Å². The molecule has 0 saturated carbocycles. The molecular weight excluding hydrogens is 609 g/mol. The fourth-order valence-electron chi connectivity index (χ4n) is 7.95. The van der Waals surface area contributed by atoms with Gasteiger partial charge in [0.05, 0.1) is 13.2 Å². The van der Waals surface area contributed by atoms with Crippen molar-refractivity contribution in [3.05, 3.63) is 121 Å². The minimum Gasteiger partial charge on any atom is -0.490 e. The maximum atomic E-state index is 6.60. The maximum Gasteiger partial charge on any atom is 0.161 e. The van der Waals surface area contributed by atoms with Crippen LogP contribution in [0.25, 0.3) is 76.8 Å². The summed E-state index contributed by atoms with van der Waals surface area (Å²) in [5.41, 5.74) is 10.1. The molecule has 0 aromatic heterocycles. The Morgan fingerprint density at radius 2 is 0.900 bits per heavy atom. The summed E-state index contributed by atoms with van der Waals surface area (Å²) < 4.78 is 13.2. The minimum absolute atomic E-state index is 0.703. The molecule has 8 rings (SSSR count). The van der Waals surface area contributed by atoms with E-state index < -0.39 is 0 Å². The number of fused-ring (bicyclic) bond motifs is 7. The van der Waals surface area contributed by atoms with E-state index in [2.05, 4.69) is 135 Å². The first-order valence-corrected chi connectivity index (χ1v) is 18.8. The van der Waals surface area contributed by atoms with Crippen LogP contribution in [0.5, 0.6) is 11.5 Å². The highest BCUT2D eigenvalue weighted by atomic mass is 16.5. The Labute approximate surface area is 296 Å². The van der Waals surface area contributed by atoms with Crippen molar-refractivity contribution in [1.29, 1.82) is 0 Å². The average Bonchev–Trinajstić information content (AvgIpc) is 3.50. The van der Waals surface area contributed by atoms with Gasteiger partial charge in [0.15, 0.2) is 11.5 Å². The molecule has 0 bridgehead atoms. The third-order valence-corrected chi connectivity index (χ3v) is 10.4. The van der Waals surface area contributed by atoms with E-state index in [4.69, 9.17) is 9.47 Å². The maximum absolute atomic E-state index is 6.60. The van der Waals surface area contributed by atoms with Gasteiger partial charge in [0, 0.05) is 0 Å². The molecule has 0 aliphatic heterocycles. The summed E-state index contributed by atoms with van der Waals surface area (Å²) in [6.45, 7) is 5.91. The second-order valence-electron chi connectivity index (χ2n) is 13.8. The van der Waals surface area contributed by atoms with Gasteiger partial charge >= 0.3 is 0 Å². The Morgan fingerprint density at radius 3 is 1.52 bits per heavy atom. The van der Waals surface area contributed by atoms with E-state index in [-0.39, 0.29) is 0 Å². The van der Waals surface area contributed by atoms with Crippen LogP contribution in [0.4, 0.5) is 0 Å². The van der Waals surface area contributed by atoms with Gasteiger partial charge < -0.3 is 9.47 Å². The zero-order valence-corrected chi connectivity index (χ0v) is 29.4. The van der Waals surface area contributed by atoms with Crippen LogP contribution in [0, 0.1) is 0 Å². The van der Waals surface area contributed by atoms with Gasteiger partial charge in [-0.15, -0.1) is 0 Å². The molecule has 0 amide bonds. The molecule has 0 heterocycles. The van der Waals surface area contributed by atoms with Gasteiger partial charge in [0.25, 0.3) is 0 Å². The fourth-order valence-corrected chi connectivity index (χ4v) is 7.95. The lowest BCUT2D eigenvalue weighted by Crippen LogP contribution is -2.03. The lowest BCUT2D eigenvalue weighted by Gasteiger charge is -2.17. The third-order valence-electron chi connectivity index (χ3n) is 10.4. The van der Waals surface area contributed by atoms with E-state index in [1.165, 1.54) is 115 Å². The van der Waals surface area contributed by atoms with Crippen molar-refractivity contribution in [1.82, 2.24) is 0 Å². The summed E-state index contributed by atoms with van der Waals surface area (Å²) in [6, 6.07) is 44.7. The Hall–Kier alpha value is -5.08. The van der Waals surface area contributed by atoms with Gasteiger partial charge in [-0.3, -0.25) is 0 Å². The zero-order valence-electron chi connectivity index (χ0n) is 29.4. The fraction of sp³-hybridized carbons (Fsp3) is 0.250. The van der Waals surface area contributed by atoms with Crippen LogP contribution in [0.15, 0.2) is 121 Å². The molecule has 2 heteroatoms. The van der Waals surface area contributed by atoms with E-state index in [0.29, 0.717) is 13.2 Å². The van der Waals surface area contributed by atoms with Gasteiger partial charge in [-0.1, -0.05) is 156 Å². The quantitative estimate of drug-likeness (QED) is 0.0858. The smallest absolute Gasteiger partial charge is 0.161 e. The molecule has 0 radical (unpaired) electrons. The van der Waals surface area contributed by atoms with E-state index in [0.717, 1.165) is 24.3 Å². The second-order valence-corrected chi connectivity index (χ2v) is 13.8. The highest BCUT2D eigenvalue weighted by Gasteiger charge is 2.30. The molecule has 0 unspecified atom stereocenters. The van der Waals surface area contributed by atoms with Crippen molar-refractivity contribution in [2.45, 2.75) is 65.2 Å². The molecule has 1 aliphatic carbocycles. The first-order chi connectivity index (χ1) is 24.8. The van der Waals surface area contributed by atoms with E-state index in [1.807, 2.05) is 0 Å². The van der Waals surface area contributed by atoms with E-state index in [9.17, 15) is 0 Å². The number of unbranched alkanes of at least 4 members (excludes halogenated alkanes) is 6. The van der Waals surface area contributed by atoms with Crippen LogP contribution >= 0.6 is 0 Å². The van der Waals surface area contributed by atoms with Crippen molar-refractivity contribution < 1.29 is 9.47 Å². The van der Waals surface area contributed by atoms with Crippen molar-refractivity contribution in [3.63, 3.8) is 0 Å². The minimum atomic E-state index is 0.703. The first-order valence-electron chi connectivity index (χ1n) is 18.8. The first kappa shape index (κ1) is 32.1. The van der Waals surface area contributed by atoms with Crippen LogP contribution in [0.2, 0.25) is 0 Å². The molecule has 0 N–H and O–H groups in total. The van der Waals surface area contributed by atoms with E-state index >= 15 is 0 Å². The molecule has 0 spiro atoms. The second kappa shape index (κ2) is 14.4. The normalized spacial score (nSPS) is 11.8. The average molecular weight is 655 g/mol. The molecule has 0 atom stereocenters. The summed E-state index contributed by atoms with van der Waals surface area (Å²) in [5, 5.41) is 7.70. The predicted molar refractivity (Wildman–Crippen MR) is 214 cm³/mol. The number of ether oxygens (including phenoxy) is 2. The number of benzene rings is 7. The molecule has 50 heavy (non-hydrogen) atoms. The van der Waals surface area contributed by atoms with Crippen LogP contribution in [-0.4, -0.2) is 13.2 Å². The van der Waals surface area contributed by atoms with E-state index in [1.54, 1.807) is 0 Å². The SMILES string of the molecule is CCCCCCOc1cc2c(cc1OCCCCCC)-c1c3ccccc3c(-c3ccc(-c4ccccc4)cc3)c3cc4ccccc4c-2c13. The number of hydrogen-bond donors (Lipinski definition) is 0. The molecule has 0 fully saturated rings. The Kier molecular flexibility index (Phi) is 9.27. The highest BCUT2D eigenvalue weighted by Crippen LogP contribution is 2.57. The van der Waals surface area contributed by atoms with Gasteiger partial charge in [-0.25, -0.2) is 0 Å². The van der Waals surface area contributed by atoms with Crippen molar-refractivity contribution in [2.75, 3.05) is 13.2 Å². The largest absolute Gasteiger partial charge is 0.490 e. The highest BCUT2D eigenvalue weighted by molar-refractivity contribution is 6.33. The third kappa shape index (κ3) is 5.92. The van der Waals surface area contributed by atoms with Gasteiger partial charge in [-0.05, 0) is 108 Å². The monoisotopic (exact) mass is 654 g/mol. The van der Waals surface area contributed by atoms with Gasteiger partial charge in [0.1, 0.15) is 0 Å². The summed E-state index contributed by atoms with van der Waals surface area (Å²) >= 11 is 0. The summed E-state index contributed by atoms with van der Waals surface area (Å²) in [6.07, 6.45) is 9.38. The lowest BCUT2D eigenvalue weighted by atomic mass is 9.86. The molecule has 1 aliphatic rings. The van der Waals surface area contributed by atoms with Gasteiger partial charge in [-0.2, -0.15) is 0 Å². The van der Waals surface area contributed by atoms with Crippen LogP contribution in [-0.2, 0) is 0 Å². The Bertz CT molecular complexity index is 2230. The predicted octanol–water partition coefficient (Wildman–Crippen LogP) is 14.0. The van der Waals surface area contributed by atoms with Gasteiger partial charge in [0.2, 0.25) is 0 Å². The van der Waals surface area contributed by atoms with Crippen LogP contribution < -0.4 is 9.47 Å². The summed E-state index contributed by atoms with van der Waals surface area (Å²) in [5.74, 6) is 1.73. The molecular formula is C48H46O2. The zero-order chi connectivity index (χ0) is 33.9. The number of rotatable bonds is 14. The topological polar surface area (TPSA) is 18.5 Å². The molecule has 7 aromatic carbocycles. The number of hydrogen-bond acceptors (Lipinski definition) is 2. The van der Waals surface area contributed by atoms with Crippen molar-refractivity contribution >= 4 is 32.3 Å². The molecule has 7 aromatic rings. The Morgan fingerprint density at radius 1 is 0.400 bits per heavy atom. The molecule has 2 nitrogen and oxygen atoms in total. The van der Waals surface area contributed by atoms with Crippen molar-refractivity contribution in [2.24, 2.45) is 0 Å². The van der Waals surface area contributed by atoms with Crippen LogP contribution in [0.3, 0.4) is 0 Å². The molecule has 250 valence electrons. The molecule has 0 saturated heterocycles. The Balaban J connectivity index is 1.34. The lowest BCUT2D eigenvalue weighted by molar-refractivity contribution is 0.259. The summed E-state index contributed by atoms with van der Waals surface area (Å²) in [4.78, 5) is 0. The van der Waals surface area contributed by atoms with Crippen LogP contribution in [0.1, 0.15) is 65.2 Å². The standard InChI is InChI=1S/C48H46O2/c1-3-5-7-16-28-49-43-31-40-41(32-44(43)50-29-17-8-6-4-2)47-39-23-15-14-22-38(39)45(35-26-24-34(25-27-35)33-18-10-9-11-19-33)42-30-36-20-12-13-21-37(36)46(40)48(42)47/h9-15,18-27,30-32H,3-8,16-17,28-29H2,1-2H3.